The van der Waals surface area contributed by atoms with E-state index in [1.165, 1.54) is 11.3 Å². The van der Waals surface area contributed by atoms with Crippen molar-refractivity contribution in [2.75, 3.05) is 11.9 Å². The molecule has 0 aliphatic carbocycles. The molecule has 5 nitrogen and oxygen atoms in total. The van der Waals surface area contributed by atoms with Gasteiger partial charge in [-0.15, -0.1) is 11.3 Å². The number of rotatable bonds is 5. The fraction of sp³-hybridized carbons (Fsp3) is 0.150. The average Bonchev–Trinajstić information content (AvgIpc) is 3.12. The van der Waals surface area contributed by atoms with Crippen molar-refractivity contribution in [2.45, 2.75) is 13.8 Å². The molecule has 1 N–H and O–H groups in total. The third kappa shape index (κ3) is 4.55. The SMILES string of the molecule is Cc1ccc(NC(=O)COC(=O)c2csc(-c3ccc(C)cc3)n2)cc1. The average molecular weight is 366 g/mol. The van der Waals surface area contributed by atoms with E-state index in [-0.39, 0.29) is 12.3 Å². The largest absolute Gasteiger partial charge is 0.451 e. The van der Waals surface area contributed by atoms with Crippen LogP contribution in [0.15, 0.2) is 53.9 Å². The molecular formula is C20H18N2O3S. The number of aryl methyl sites for hydroxylation is 2. The van der Waals surface area contributed by atoms with Gasteiger partial charge >= 0.3 is 5.97 Å². The zero-order valence-electron chi connectivity index (χ0n) is 14.5. The molecule has 0 aliphatic rings. The Hall–Kier alpha value is -2.99. The van der Waals surface area contributed by atoms with Crippen molar-refractivity contribution in [3.05, 3.63) is 70.7 Å². The summed E-state index contributed by atoms with van der Waals surface area (Å²) < 4.78 is 5.05. The number of carbonyl (C=O) groups excluding carboxylic acids is 2. The number of thiazole rings is 1. The Kier molecular flexibility index (Phi) is 5.43. The van der Waals surface area contributed by atoms with Gasteiger partial charge in [-0.25, -0.2) is 9.78 Å². The molecule has 1 heterocycles. The van der Waals surface area contributed by atoms with Crippen LogP contribution < -0.4 is 5.32 Å². The number of carbonyl (C=O) groups is 2. The molecule has 1 aromatic heterocycles. The second-order valence-corrected chi connectivity index (χ2v) is 6.75. The van der Waals surface area contributed by atoms with Crippen molar-refractivity contribution in [2.24, 2.45) is 0 Å². The number of aromatic nitrogens is 1. The minimum atomic E-state index is -0.612. The lowest BCUT2D eigenvalue weighted by Gasteiger charge is -2.06. The second-order valence-electron chi connectivity index (χ2n) is 5.89. The molecule has 0 saturated heterocycles. The van der Waals surface area contributed by atoms with E-state index in [0.717, 1.165) is 21.7 Å². The van der Waals surface area contributed by atoms with Crippen LogP contribution in [0.1, 0.15) is 21.6 Å². The van der Waals surface area contributed by atoms with Crippen molar-refractivity contribution in [3.63, 3.8) is 0 Å². The number of hydrogen-bond acceptors (Lipinski definition) is 5. The highest BCUT2D eigenvalue weighted by Gasteiger charge is 2.15. The van der Waals surface area contributed by atoms with Gasteiger partial charge in [0.1, 0.15) is 5.01 Å². The Bertz CT molecular complexity index is 915. The van der Waals surface area contributed by atoms with Crippen LogP contribution in [-0.4, -0.2) is 23.5 Å². The zero-order valence-corrected chi connectivity index (χ0v) is 15.3. The van der Waals surface area contributed by atoms with E-state index >= 15 is 0 Å². The van der Waals surface area contributed by atoms with E-state index < -0.39 is 11.9 Å². The Morgan fingerprint density at radius 3 is 2.27 bits per heavy atom. The van der Waals surface area contributed by atoms with Crippen molar-refractivity contribution in [1.29, 1.82) is 0 Å². The first-order chi connectivity index (χ1) is 12.5. The molecule has 0 aliphatic heterocycles. The van der Waals surface area contributed by atoms with E-state index in [1.807, 2.05) is 50.2 Å². The normalized spacial score (nSPS) is 10.4. The van der Waals surface area contributed by atoms with Crippen molar-refractivity contribution in [1.82, 2.24) is 4.98 Å². The van der Waals surface area contributed by atoms with Crippen LogP contribution in [0.4, 0.5) is 5.69 Å². The lowest BCUT2D eigenvalue weighted by atomic mass is 10.2. The summed E-state index contributed by atoms with van der Waals surface area (Å²) in [5.41, 5.74) is 4.06. The number of nitrogens with zero attached hydrogens (tertiary/aromatic N) is 1. The van der Waals surface area contributed by atoms with Gasteiger partial charge in [0.05, 0.1) is 0 Å². The van der Waals surface area contributed by atoms with Gasteiger partial charge in [0.2, 0.25) is 0 Å². The summed E-state index contributed by atoms with van der Waals surface area (Å²) in [6.07, 6.45) is 0. The number of amides is 1. The van der Waals surface area contributed by atoms with Gasteiger partial charge in [-0.05, 0) is 26.0 Å². The van der Waals surface area contributed by atoms with Crippen molar-refractivity contribution < 1.29 is 14.3 Å². The van der Waals surface area contributed by atoms with E-state index in [2.05, 4.69) is 10.3 Å². The Balaban J connectivity index is 1.55. The van der Waals surface area contributed by atoms with Crippen LogP contribution in [0.25, 0.3) is 10.6 Å². The van der Waals surface area contributed by atoms with Gasteiger partial charge in [-0.1, -0.05) is 47.5 Å². The number of nitrogens with one attached hydrogen (secondary N) is 1. The van der Waals surface area contributed by atoms with Gasteiger partial charge in [0.15, 0.2) is 12.3 Å². The number of anilines is 1. The van der Waals surface area contributed by atoms with Crippen LogP contribution in [0.3, 0.4) is 0 Å². The first-order valence-electron chi connectivity index (χ1n) is 8.07. The highest BCUT2D eigenvalue weighted by Crippen LogP contribution is 2.24. The molecule has 3 rings (SSSR count). The van der Waals surface area contributed by atoms with Gasteiger partial charge in [0, 0.05) is 16.6 Å². The van der Waals surface area contributed by atoms with E-state index in [4.69, 9.17) is 4.74 Å². The van der Waals surface area contributed by atoms with E-state index in [0.29, 0.717) is 5.69 Å². The Labute approximate surface area is 155 Å². The molecule has 0 saturated carbocycles. The van der Waals surface area contributed by atoms with Gasteiger partial charge in [-0.2, -0.15) is 0 Å². The van der Waals surface area contributed by atoms with E-state index in [1.54, 1.807) is 17.5 Å². The van der Waals surface area contributed by atoms with Crippen LogP contribution >= 0.6 is 11.3 Å². The molecule has 6 heteroatoms. The molecule has 0 spiro atoms. The minimum Gasteiger partial charge on any atom is -0.451 e. The summed E-state index contributed by atoms with van der Waals surface area (Å²) in [5.74, 6) is -1.00. The smallest absolute Gasteiger partial charge is 0.358 e. The second kappa shape index (κ2) is 7.93. The third-order valence-corrected chi connectivity index (χ3v) is 4.57. The quantitative estimate of drug-likeness (QED) is 0.687. The summed E-state index contributed by atoms with van der Waals surface area (Å²) in [4.78, 5) is 28.3. The monoisotopic (exact) mass is 366 g/mol. The Morgan fingerprint density at radius 2 is 1.62 bits per heavy atom. The lowest BCUT2D eigenvalue weighted by Crippen LogP contribution is -2.21. The van der Waals surface area contributed by atoms with Crippen LogP contribution in [0, 0.1) is 13.8 Å². The predicted octanol–water partition coefficient (Wildman–Crippen LogP) is 4.22. The summed E-state index contributed by atoms with van der Waals surface area (Å²) in [5, 5.41) is 5.05. The highest BCUT2D eigenvalue weighted by molar-refractivity contribution is 7.13. The summed E-state index contributed by atoms with van der Waals surface area (Å²) in [7, 11) is 0. The Morgan fingerprint density at radius 1 is 1.00 bits per heavy atom. The van der Waals surface area contributed by atoms with Gasteiger partial charge in [0.25, 0.3) is 5.91 Å². The summed E-state index contributed by atoms with van der Waals surface area (Å²) in [6, 6.07) is 15.3. The summed E-state index contributed by atoms with van der Waals surface area (Å²) in [6.45, 7) is 3.62. The van der Waals surface area contributed by atoms with Crippen molar-refractivity contribution in [3.8, 4) is 10.6 Å². The molecular weight excluding hydrogens is 348 g/mol. The lowest BCUT2D eigenvalue weighted by molar-refractivity contribution is -0.119. The first kappa shape index (κ1) is 17.8. The maximum Gasteiger partial charge on any atom is 0.358 e. The van der Waals surface area contributed by atoms with Crippen LogP contribution in [-0.2, 0) is 9.53 Å². The molecule has 0 unspecified atom stereocenters. The molecule has 1 amide bonds. The van der Waals surface area contributed by atoms with Gasteiger partial charge < -0.3 is 10.1 Å². The maximum atomic E-state index is 12.1. The molecule has 132 valence electrons. The fourth-order valence-electron chi connectivity index (χ4n) is 2.24. The number of benzene rings is 2. The third-order valence-electron chi connectivity index (χ3n) is 3.68. The van der Waals surface area contributed by atoms with Crippen LogP contribution in [0.2, 0.25) is 0 Å². The highest BCUT2D eigenvalue weighted by atomic mass is 32.1. The fourth-order valence-corrected chi connectivity index (χ4v) is 3.03. The van der Waals surface area contributed by atoms with E-state index in [9.17, 15) is 9.59 Å². The first-order valence-corrected chi connectivity index (χ1v) is 8.95. The van der Waals surface area contributed by atoms with Gasteiger partial charge in [-0.3, -0.25) is 4.79 Å². The van der Waals surface area contributed by atoms with Crippen molar-refractivity contribution >= 4 is 28.9 Å². The van der Waals surface area contributed by atoms with Crippen LogP contribution in [0.5, 0.6) is 0 Å². The summed E-state index contributed by atoms with van der Waals surface area (Å²) >= 11 is 1.36. The standard InChI is InChI=1S/C20H18N2O3S/c1-13-3-7-15(8-4-13)19-22-17(12-26-19)20(24)25-11-18(23)21-16-9-5-14(2)6-10-16/h3-10,12H,11H2,1-2H3,(H,21,23). The molecule has 26 heavy (non-hydrogen) atoms. The number of ether oxygens (including phenoxy) is 1. The molecule has 3 aromatic rings. The molecule has 0 radical (unpaired) electrons. The topological polar surface area (TPSA) is 68.3 Å². The molecule has 0 bridgehead atoms. The number of esters is 1. The maximum absolute atomic E-state index is 12.1. The molecule has 0 atom stereocenters. The number of hydrogen-bond donors (Lipinski definition) is 1. The predicted molar refractivity (Wildman–Crippen MR) is 102 cm³/mol. The molecule has 0 fully saturated rings. The minimum absolute atomic E-state index is 0.203. The molecule has 2 aromatic carbocycles. The zero-order chi connectivity index (χ0) is 18.5.